The highest BCUT2D eigenvalue weighted by Crippen LogP contribution is 2.13. The Morgan fingerprint density at radius 2 is 2.45 bits per heavy atom. The Bertz CT molecular complexity index is 260. The van der Waals surface area contributed by atoms with Crippen molar-refractivity contribution >= 4 is 11.8 Å². The van der Waals surface area contributed by atoms with E-state index in [1.54, 1.807) is 17.8 Å². The summed E-state index contributed by atoms with van der Waals surface area (Å²) in [5.74, 6) is 1.06. The zero-order valence-electron chi connectivity index (χ0n) is 6.29. The third kappa shape index (κ3) is 2.24. The molecule has 0 bridgehead atoms. The van der Waals surface area contributed by atoms with E-state index >= 15 is 0 Å². The van der Waals surface area contributed by atoms with Gasteiger partial charge in [0, 0.05) is 6.07 Å². The van der Waals surface area contributed by atoms with Crippen molar-refractivity contribution < 1.29 is 4.98 Å². The fraction of sp³-hybridized carbons (Fsp3) is 0.250. The van der Waals surface area contributed by atoms with Crippen LogP contribution in [0.15, 0.2) is 23.2 Å². The molecule has 0 atom stereocenters. The quantitative estimate of drug-likeness (QED) is 0.622. The fourth-order valence-electron chi connectivity index (χ4n) is 0.737. The lowest BCUT2D eigenvalue weighted by atomic mass is 10.4. The summed E-state index contributed by atoms with van der Waals surface area (Å²) < 4.78 is 0. The minimum atomic E-state index is 0.602. The highest BCUT2D eigenvalue weighted by Gasteiger charge is 1.98. The van der Waals surface area contributed by atoms with Gasteiger partial charge in [-0.15, -0.1) is 11.8 Å². The summed E-state index contributed by atoms with van der Waals surface area (Å²) in [6.07, 6.45) is 1.85. The molecule has 0 aliphatic rings. The van der Waals surface area contributed by atoms with Gasteiger partial charge in [0.15, 0.2) is 12.3 Å². The number of nitrogens with zero attached hydrogens (tertiary/aromatic N) is 1. The zero-order valence-corrected chi connectivity index (χ0v) is 7.11. The summed E-state index contributed by atoms with van der Waals surface area (Å²) in [5, 5.41) is 8.47. The second kappa shape index (κ2) is 3.99. The minimum absolute atomic E-state index is 0.602. The molecule has 1 aromatic rings. The van der Waals surface area contributed by atoms with E-state index < -0.39 is 0 Å². The summed E-state index contributed by atoms with van der Waals surface area (Å²) in [5.41, 5.74) is 0.602. The van der Waals surface area contributed by atoms with E-state index in [9.17, 15) is 0 Å². The van der Waals surface area contributed by atoms with Gasteiger partial charge in [-0.3, -0.25) is 0 Å². The van der Waals surface area contributed by atoms with Crippen molar-refractivity contribution in [1.29, 1.82) is 5.26 Å². The van der Waals surface area contributed by atoms with E-state index in [0.29, 0.717) is 5.69 Å². The van der Waals surface area contributed by atoms with E-state index in [1.807, 2.05) is 18.3 Å². The Hall–Kier alpha value is -1.01. The number of pyridine rings is 1. The van der Waals surface area contributed by atoms with Crippen LogP contribution in [0.25, 0.3) is 0 Å². The first kappa shape index (κ1) is 8.09. The lowest BCUT2D eigenvalue weighted by Crippen LogP contribution is -2.06. The second-order valence-electron chi connectivity index (χ2n) is 1.98. The molecule has 0 spiro atoms. The standard InChI is InChI=1S/C8H8N2S/c1-2-11-8-4-3-7(5-9)10-6-8/h3-4,6H,2H2,1H3/p+1. The highest BCUT2D eigenvalue weighted by atomic mass is 32.2. The largest absolute Gasteiger partial charge is 0.281 e. The summed E-state index contributed by atoms with van der Waals surface area (Å²) in [4.78, 5) is 4.06. The highest BCUT2D eigenvalue weighted by molar-refractivity contribution is 7.99. The monoisotopic (exact) mass is 165 g/mol. The van der Waals surface area contributed by atoms with Crippen molar-refractivity contribution in [2.75, 3.05) is 5.75 Å². The fourth-order valence-corrected chi connectivity index (χ4v) is 1.38. The van der Waals surface area contributed by atoms with E-state index in [0.717, 1.165) is 5.75 Å². The molecular formula is C8H9N2S+. The average molecular weight is 165 g/mol. The molecule has 0 saturated carbocycles. The number of hydrogen-bond donors (Lipinski definition) is 0. The van der Waals surface area contributed by atoms with Gasteiger partial charge < -0.3 is 0 Å². The Kier molecular flexibility index (Phi) is 2.94. The third-order valence-corrected chi connectivity index (χ3v) is 2.09. The van der Waals surface area contributed by atoms with Crippen molar-refractivity contribution in [1.82, 2.24) is 0 Å². The number of rotatable bonds is 2. The lowest BCUT2D eigenvalue weighted by molar-refractivity contribution is -0.385. The number of aromatic amines is 1. The first-order chi connectivity index (χ1) is 5.36. The van der Waals surface area contributed by atoms with Gasteiger partial charge in [-0.2, -0.15) is 5.26 Å². The topological polar surface area (TPSA) is 37.9 Å². The van der Waals surface area contributed by atoms with Gasteiger partial charge >= 0.3 is 0 Å². The Morgan fingerprint density at radius 1 is 1.64 bits per heavy atom. The number of H-pyrrole nitrogens is 1. The molecule has 3 heteroatoms. The summed E-state index contributed by atoms with van der Waals surface area (Å²) in [6, 6.07) is 5.77. The zero-order chi connectivity index (χ0) is 8.10. The van der Waals surface area contributed by atoms with E-state index in [-0.39, 0.29) is 0 Å². The molecule has 0 aliphatic carbocycles. The number of nitriles is 1. The summed E-state index contributed by atoms with van der Waals surface area (Å²) >= 11 is 1.75. The van der Waals surface area contributed by atoms with Crippen molar-refractivity contribution in [3.05, 3.63) is 24.0 Å². The van der Waals surface area contributed by atoms with Crippen molar-refractivity contribution in [3.8, 4) is 6.07 Å². The maximum Gasteiger partial charge on any atom is 0.281 e. The maximum absolute atomic E-state index is 8.47. The van der Waals surface area contributed by atoms with Gasteiger partial charge in [-0.25, -0.2) is 4.98 Å². The summed E-state index contributed by atoms with van der Waals surface area (Å²) in [6.45, 7) is 2.10. The van der Waals surface area contributed by atoms with Crippen LogP contribution in [0.3, 0.4) is 0 Å². The van der Waals surface area contributed by atoms with E-state index in [4.69, 9.17) is 5.26 Å². The van der Waals surface area contributed by atoms with Crippen LogP contribution in [0.2, 0.25) is 0 Å². The predicted octanol–water partition coefficient (Wildman–Crippen LogP) is 1.48. The molecule has 56 valence electrons. The Labute approximate surface area is 70.3 Å². The average Bonchev–Trinajstić information content (AvgIpc) is 2.07. The minimum Gasteiger partial charge on any atom is -0.201 e. The first-order valence-corrected chi connectivity index (χ1v) is 4.40. The van der Waals surface area contributed by atoms with Crippen LogP contribution in [0.5, 0.6) is 0 Å². The molecular weight excluding hydrogens is 156 g/mol. The van der Waals surface area contributed by atoms with Crippen LogP contribution in [-0.2, 0) is 0 Å². The molecule has 1 N–H and O–H groups in total. The van der Waals surface area contributed by atoms with Crippen LogP contribution in [0, 0.1) is 11.3 Å². The smallest absolute Gasteiger partial charge is 0.201 e. The van der Waals surface area contributed by atoms with Gasteiger partial charge in [-0.1, -0.05) is 6.92 Å². The number of hydrogen-bond acceptors (Lipinski definition) is 2. The SMILES string of the molecule is CCSc1ccc(C#N)[nH+]c1. The molecule has 0 aliphatic heterocycles. The molecule has 0 amide bonds. The maximum atomic E-state index is 8.47. The molecule has 0 saturated heterocycles. The van der Waals surface area contributed by atoms with E-state index in [1.165, 1.54) is 4.90 Å². The van der Waals surface area contributed by atoms with Crippen molar-refractivity contribution in [3.63, 3.8) is 0 Å². The van der Waals surface area contributed by atoms with Crippen molar-refractivity contribution in [2.24, 2.45) is 0 Å². The molecule has 0 radical (unpaired) electrons. The molecule has 2 nitrogen and oxygen atoms in total. The molecule has 11 heavy (non-hydrogen) atoms. The number of aromatic nitrogens is 1. The van der Waals surface area contributed by atoms with Crippen LogP contribution in [-0.4, -0.2) is 5.75 Å². The van der Waals surface area contributed by atoms with Gasteiger partial charge in [0.25, 0.3) is 5.69 Å². The molecule has 0 fully saturated rings. The Morgan fingerprint density at radius 3 is 2.91 bits per heavy atom. The van der Waals surface area contributed by atoms with Gasteiger partial charge in [0.05, 0.1) is 4.90 Å². The lowest BCUT2D eigenvalue weighted by Gasteiger charge is -1.90. The number of thioether (sulfide) groups is 1. The molecule has 1 aromatic heterocycles. The normalized spacial score (nSPS) is 9.09. The van der Waals surface area contributed by atoms with E-state index in [2.05, 4.69) is 11.9 Å². The Balaban J connectivity index is 2.76. The van der Waals surface area contributed by atoms with Crippen LogP contribution in [0.4, 0.5) is 0 Å². The van der Waals surface area contributed by atoms with Crippen LogP contribution >= 0.6 is 11.8 Å². The van der Waals surface area contributed by atoms with Crippen LogP contribution < -0.4 is 4.98 Å². The molecule has 0 aromatic carbocycles. The predicted molar refractivity (Wildman–Crippen MR) is 44.1 cm³/mol. The number of nitrogens with one attached hydrogen (secondary N) is 1. The molecule has 1 rings (SSSR count). The van der Waals surface area contributed by atoms with Gasteiger partial charge in [0.1, 0.15) is 0 Å². The molecule has 0 unspecified atom stereocenters. The second-order valence-corrected chi connectivity index (χ2v) is 3.32. The van der Waals surface area contributed by atoms with Gasteiger partial charge in [-0.05, 0) is 11.8 Å². The van der Waals surface area contributed by atoms with Crippen LogP contribution in [0.1, 0.15) is 12.6 Å². The van der Waals surface area contributed by atoms with Crippen molar-refractivity contribution in [2.45, 2.75) is 11.8 Å². The molecule has 1 heterocycles. The third-order valence-electron chi connectivity index (χ3n) is 1.22. The first-order valence-electron chi connectivity index (χ1n) is 3.41. The van der Waals surface area contributed by atoms with Gasteiger partial charge in [0.2, 0.25) is 0 Å². The summed E-state index contributed by atoms with van der Waals surface area (Å²) in [7, 11) is 0.